The number of carbonyl (C=O) groups is 6. The van der Waals surface area contributed by atoms with Gasteiger partial charge < -0.3 is 40.2 Å². The Balaban J connectivity index is 0.00000171. The summed E-state index contributed by atoms with van der Waals surface area (Å²) in [7, 11) is -0.151. The van der Waals surface area contributed by atoms with Crippen molar-refractivity contribution in [2.24, 2.45) is 47.3 Å². The average Bonchev–Trinajstić information content (AvgIpc) is 3.95. The molecule has 4 N–H and O–H groups in total. The summed E-state index contributed by atoms with van der Waals surface area (Å²) in [5, 5.41) is 55.5. The summed E-state index contributed by atoms with van der Waals surface area (Å²) in [6.07, 6.45) is 29.4. The van der Waals surface area contributed by atoms with Gasteiger partial charge in [0.05, 0.1) is 23.7 Å². The van der Waals surface area contributed by atoms with Gasteiger partial charge in [-0.1, -0.05) is 25.7 Å². The second-order valence-corrected chi connectivity index (χ2v) is 22.8. The summed E-state index contributed by atoms with van der Waals surface area (Å²) in [4.78, 5) is 63.6. The Labute approximate surface area is 363 Å². The third-order valence-electron chi connectivity index (χ3n) is 12.9. The van der Waals surface area contributed by atoms with Crippen molar-refractivity contribution in [3.63, 3.8) is 0 Å². The zero-order valence-electron chi connectivity index (χ0n) is 35.0. The van der Waals surface area contributed by atoms with E-state index in [-0.39, 0.29) is 59.9 Å². The van der Waals surface area contributed by atoms with Crippen LogP contribution in [0.15, 0.2) is 0 Å². The molecule has 336 valence electrons. The van der Waals surface area contributed by atoms with Crippen LogP contribution in [0.1, 0.15) is 149 Å². The number of aliphatic carboxylic acids is 6. The molecule has 4 fully saturated rings. The maximum absolute atomic E-state index is 11.5. The molecule has 0 heterocycles. The van der Waals surface area contributed by atoms with Crippen LogP contribution in [-0.4, -0.2) is 93.2 Å². The summed E-state index contributed by atoms with van der Waals surface area (Å²) in [6, 6.07) is 0. The minimum atomic E-state index is -1.08. The third-order valence-corrected chi connectivity index (χ3v) is 18.5. The Bertz CT molecular complexity index is 1080. The molecule has 58 heavy (non-hydrogen) atoms. The SMILES string of the molecule is CC(=O)[O-].CC(=O)[O-].O=C(O)C1CCC(CCCP(CCCC2CCC(C(=O)O)C2)CCCP(CCCC2CCC(C(=O)O)C2)CCCC2CCC(C(=O)O)C2)C1.[Pd+2]. The minimum absolute atomic E-state index is 0. The third kappa shape index (κ3) is 24.0. The monoisotopic (exact) mass is 948 g/mol. The second-order valence-electron chi connectivity index (χ2n) is 17.4. The quantitative estimate of drug-likeness (QED) is 0.0568. The zero-order chi connectivity index (χ0) is 42.3. The molecule has 4 saturated carbocycles. The molecule has 0 aromatic heterocycles. The molecule has 0 aliphatic heterocycles. The number of carboxylic acid groups (broad SMARTS) is 6. The smallest absolute Gasteiger partial charge is 0.550 e. The molecule has 15 heteroatoms. The van der Waals surface area contributed by atoms with Crippen LogP contribution in [0.4, 0.5) is 0 Å². The topological polar surface area (TPSA) is 229 Å². The van der Waals surface area contributed by atoms with Crippen molar-refractivity contribution in [3.8, 4) is 0 Å². The molecule has 0 radical (unpaired) electrons. The predicted octanol–water partition coefficient (Wildman–Crippen LogP) is 6.97. The molecule has 4 aliphatic rings. The first kappa shape index (κ1) is 54.4. The minimum Gasteiger partial charge on any atom is -0.550 e. The molecule has 8 unspecified atom stereocenters. The van der Waals surface area contributed by atoms with E-state index in [9.17, 15) is 39.6 Å². The Morgan fingerprint density at radius 3 is 0.776 bits per heavy atom. The van der Waals surface area contributed by atoms with Crippen LogP contribution < -0.4 is 10.2 Å². The first-order valence-electron chi connectivity index (χ1n) is 21.7. The standard InChI is InChI=1S/C39H66O8P2.2C2H4O2.Pd/c40-36(41)32-14-10-28(24-32)6-1-18-48(19-2-7-29-11-15-33(25-29)37(42)43)22-5-23-49(20-3-8-30-12-16-34(26-30)38(44)45)21-4-9-31-13-17-35(27-31)39(46)47;2*1-2(3)4;/h28-35H,1-27H2,(H,40,41)(H,42,43)(H,44,45)(H,46,47);2*1H3,(H,3,4);/q;;;+2/p-2. The number of rotatable bonds is 24. The van der Waals surface area contributed by atoms with Gasteiger partial charge >= 0.3 is 44.3 Å². The van der Waals surface area contributed by atoms with Gasteiger partial charge in [-0.2, -0.15) is 0 Å². The van der Waals surface area contributed by atoms with Gasteiger partial charge in [-0.25, -0.2) is 0 Å². The molecule has 0 spiro atoms. The van der Waals surface area contributed by atoms with Crippen LogP contribution in [-0.2, 0) is 49.2 Å². The van der Waals surface area contributed by atoms with Crippen LogP contribution in [0.5, 0.6) is 0 Å². The van der Waals surface area contributed by atoms with Gasteiger partial charge in [0.2, 0.25) is 0 Å². The van der Waals surface area contributed by atoms with Crippen molar-refractivity contribution < 1.29 is 79.8 Å². The van der Waals surface area contributed by atoms with Gasteiger partial charge in [-0.05, 0) is 184 Å². The molecule has 0 saturated heterocycles. The van der Waals surface area contributed by atoms with Crippen molar-refractivity contribution in [1.29, 1.82) is 0 Å². The molecule has 4 rings (SSSR count). The van der Waals surface area contributed by atoms with Gasteiger partial charge in [-0.3, -0.25) is 19.2 Å². The van der Waals surface area contributed by atoms with Crippen LogP contribution >= 0.6 is 15.8 Å². The van der Waals surface area contributed by atoms with Gasteiger partial charge in [0, 0.05) is 11.9 Å². The molecule has 0 amide bonds. The van der Waals surface area contributed by atoms with E-state index in [0.717, 1.165) is 117 Å². The maximum Gasteiger partial charge on any atom is 2.00 e. The zero-order valence-corrected chi connectivity index (χ0v) is 38.3. The number of hydrogen-bond acceptors (Lipinski definition) is 8. The molecule has 0 bridgehead atoms. The van der Waals surface area contributed by atoms with E-state index in [1.165, 1.54) is 69.1 Å². The first-order chi connectivity index (χ1) is 27.0. The fourth-order valence-electron chi connectivity index (χ4n) is 9.85. The maximum atomic E-state index is 11.5. The molecule has 4 aliphatic carbocycles. The van der Waals surface area contributed by atoms with Gasteiger partial charge in [0.15, 0.2) is 0 Å². The van der Waals surface area contributed by atoms with Crippen molar-refractivity contribution >= 4 is 51.7 Å². The van der Waals surface area contributed by atoms with Crippen molar-refractivity contribution in [2.75, 3.05) is 37.0 Å². The van der Waals surface area contributed by atoms with E-state index in [0.29, 0.717) is 23.7 Å². The summed E-state index contributed by atoms with van der Waals surface area (Å²) in [5.74, 6) is -3.01. The van der Waals surface area contributed by atoms with E-state index >= 15 is 0 Å². The normalized spacial score (nSPS) is 27.2. The molecule has 12 nitrogen and oxygen atoms in total. The number of carbonyl (C=O) groups excluding carboxylic acids is 2. The van der Waals surface area contributed by atoms with E-state index in [1.807, 2.05) is 0 Å². The van der Waals surface area contributed by atoms with Crippen LogP contribution in [0.2, 0.25) is 0 Å². The summed E-state index contributed by atoms with van der Waals surface area (Å²) >= 11 is 0. The van der Waals surface area contributed by atoms with E-state index in [1.54, 1.807) is 0 Å². The van der Waals surface area contributed by atoms with Crippen LogP contribution in [0, 0.1) is 47.3 Å². The summed E-state index contributed by atoms with van der Waals surface area (Å²) in [6.45, 7) is 1.94. The summed E-state index contributed by atoms with van der Waals surface area (Å²) < 4.78 is 0. The van der Waals surface area contributed by atoms with Crippen LogP contribution in [0.3, 0.4) is 0 Å². The molecule has 0 aromatic carbocycles. The molecule has 8 atom stereocenters. The Kier molecular flexibility index (Phi) is 28.5. The van der Waals surface area contributed by atoms with Gasteiger partial charge in [0.1, 0.15) is 0 Å². The van der Waals surface area contributed by atoms with E-state index in [2.05, 4.69) is 0 Å². The Hall–Kier alpha value is -1.66. The van der Waals surface area contributed by atoms with Gasteiger partial charge in [0.25, 0.3) is 0 Å². The Morgan fingerprint density at radius 1 is 0.414 bits per heavy atom. The molecule has 0 aromatic rings. The van der Waals surface area contributed by atoms with Crippen molar-refractivity contribution in [3.05, 3.63) is 0 Å². The first-order valence-corrected chi connectivity index (χ1v) is 25.5. The Morgan fingerprint density at radius 2 is 0.603 bits per heavy atom. The fraction of sp³-hybridized carbons (Fsp3) is 0.860. The van der Waals surface area contributed by atoms with Crippen LogP contribution in [0.25, 0.3) is 0 Å². The van der Waals surface area contributed by atoms with E-state index in [4.69, 9.17) is 19.8 Å². The second kappa shape index (κ2) is 30.4. The fourth-order valence-corrected chi connectivity index (χ4v) is 15.2. The largest absolute Gasteiger partial charge is 2.00 e. The van der Waals surface area contributed by atoms with Gasteiger partial charge in [-0.15, -0.1) is 15.8 Å². The summed E-state index contributed by atoms with van der Waals surface area (Å²) in [5.41, 5.74) is 0. The number of hydrogen-bond donors (Lipinski definition) is 4. The average molecular weight is 949 g/mol. The van der Waals surface area contributed by atoms with E-state index < -0.39 is 35.8 Å². The predicted molar refractivity (Wildman–Crippen MR) is 220 cm³/mol. The van der Waals surface area contributed by atoms with Crippen molar-refractivity contribution in [1.82, 2.24) is 0 Å². The van der Waals surface area contributed by atoms with Crippen molar-refractivity contribution in [2.45, 2.75) is 149 Å². The number of carboxylic acids is 6. The molecular formula is C43H72O12P2Pd. The molecular weight excluding hydrogens is 877 g/mol.